The van der Waals surface area contributed by atoms with Crippen LogP contribution in [-0.2, 0) is 13.0 Å². The first kappa shape index (κ1) is 12.8. The fourth-order valence-corrected chi connectivity index (χ4v) is 2.08. The van der Waals surface area contributed by atoms with Gasteiger partial charge < -0.3 is 5.32 Å². The van der Waals surface area contributed by atoms with Crippen LogP contribution in [0.3, 0.4) is 0 Å². The second kappa shape index (κ2) is 5.78. The van der Waals surface area contributed by atoms with E-state index >= 15 is 0 Å². The van der Waals surface area contributed by atoms with Gasteiger partial charge in [-0.2, -0.15) is 5.10 Å². The zero-order chi connectivity index (χ0) is 13.0. The van der Waals surface area contributed by atoms with Crippen molar-refractivity contribution in [2.45, 2.75) is 26.3 Å². The third-order valence-electron chi connectivity index (χ3n) is 2.89. The van der Waals surface area contributed by atoms with Crippen LogP contribution in [0.25, 0.3) is 5.69 Å². The molecule has 0 aliphatic rings. The molecule has 1 aromatic heterocycles. The van der Waals surface area contributed by atoms with Gasteiger partial charge in [0.1, 0.15) is 11.5 Å². The normalized spacial score (nSPS) is 10.8. The van der Waals surface area contributed by atoms with Crippen LogP contribution < -0.4 is 5.32 Å². The summed E-state index contributed by atoms with van der Waals surface area (Å²) >= 11 is 0. The molecule has 0 atom stereocenters. The fourth-order valence-electron chi connectivity index (χ4n) is 2.08. The van der Waals surface area contributed by atoms with Crippen LogP contribution in [0, 0.1) is 5.82 Å². The molecule has 1 heterocycles. The Bertz CT molecular complexity index is 520. The highest BCUT2D eigenvalue weighted by molar-refractivity contribution is 5.36. The van der Waals surface area contributed by atoms with E-state index in [2.05, 4.69) is 17.3 Å². The van der Waals surface area contributed by atoms with Crippen LogP contribution in [0.15, 0.2) is 30.5 Å². The number of aromatic nitrogens is 2. The summed E-state index contributed by atoms with van der Waals surface area (Å²) in [5, 5.41) is 7.44. The molecular weight excluding hydrogens is 229 g/mol. The molecule has 18 heavy (non-hydrogen) atoms. The first-order chi connectivity index (χ1) is 8.77. The Hall–Kier alpha value is -1.68. The van der Waals surface area contributed by atoms with Gasteiger partial charge in [-0.3, -0.25) is 0 Å². The maximum atomic E-state index is 13.8. The van der Waals surface area contributed by atoms with Crippen LogP contribution in [0.2, 0.25) is 0 Å². The van der Waals surface area contributed by atoms with Gasteiger partial charge in [-0.25, -0.2) is 9.07 Å². The minimum Gasteiger partial charge on any atom is -0.316 e. The van der Waals surface area contributed by atoms with Crippen molar-refractivity contribution in [2.75, 3.05) is 7.05 Å². The van der Waals surface area contributed by atoms with E-state index in [1.165, 1.54) is 6.07 Å². The van der Waals surface area contributed by atoms with Gasteiger partial charge in [-0.05, 0) is 25.6 Å². The van der Waals surface area contributed by atoms with E-state index in [9.17, 15) is 4.39 Å². The molecule has 1 aromatic carbocycles. The summed E-state index contributed by atoms with van der Waals surface area (Å²) in [4.78, 5) is 0. The Labute approximate surface area is 107 Å². The molecule has 1 N–H and O–H groups in total. The van der Waals surface area contributed by atoms with Crippen molar-refractivity contribution in [3.05, 3.63) is 47.5 Å². The summed E-state index contributed by atoms with van der Waals surface area (Å²) in [6.45, 7) is 2.87. The van der Waals surface area contributed by atoms with Crippen molar-refractivity contribution in [1.82, 2.24) is 15.1 Å². The standard InChI is InChI=1S/C14H18FN3/c1-3-6-13-11(9-16-2)10-17-18(13)14-8-5-4-7-12(14)15/h4-5,7-8,10,16H,3,6,9H2,1-2H3. The number of benzene rings is 1. The molecule has 0 aliphatic carbocycles. The van der Waals surface area contributed by atoms with Gasteiger partial charge in [0.2, 0.25) is 0 Å². The van der Waals surface area contributed by atoms with Gasteiger partial charge in [0.15, 0.2) is 0 Å². The van der Waals surface area contributed by atoms with Crippen molar-refractivity contribution in [3.8, 4) is 5.69 Å². The largest absolute Gasteiger partial charge is 0.316 e. The average molecular weight is 247 g/mol. The molecule has 2 aromatic rings. The predicted molar refractivity (Wildman–Crippen MR) is 70.3 cm³/mol. The van der Waals surface area contributed by atoms with E-state index in [0.717, 1.165) is 30.6 Å². The summed E-state index contributed by atoms with van der Waals surface area (Å²) in [6.07, 6.45) is 3.72. The highest BCUT2D eigenvalue weighted by Gasteiger charge is 2.13. The Morgan fingerprint density at radius 3 is 2.78 bits per heavy atom. The summed E-state index contributed by atoms with van der Waals surface area (Å²) < 4.78 is 15.5. The zero-order valence-corrected chi connectivity index (χ0v) is 10.8. The molecule has 0 unspecified atom stereocenters. The average Bonchev–Trinajstić information content (AvgIpc) is 2.74. The van der Waals surface area contributed by atoms with Crippen molar-refractivity contribution in [3.63, 3.8) is 0 Å². The number of rotatable bonds is 5. The van der Waals surface area contributed by atoms with E-state index in [1.54, 1.807) is 16.8 Å². The monoisotopic (exact) mass is 247 g/mol. The molecule has 4 heteroatoms. The summed E-state index contributed by atoms with van der Waals surface area (Å²) in [7, 11) is 1.90. The molecule has 0 saturated heterocycles. The maximum Gasteiger partial charge on any atom is 0.148 e. The van der Waals surface area contributed by atoms with E-state index in [0.29, 0.717) is 5.69 Å². The van der Waals surface area contributed by atoms with Crippen LogP contribution in [0.1, 0.15) is 24.6 Å². The molecule has 0 spiro atoms. The molecular formula is C14H18FN3. The Kier molecular flexibility index (Phi) is 4.10. The minimum atomic E-state index is -0.242. The summed E-state index contributed by atoms with van der Waals surface area (Å²) in [6, 6.07) is 6.74. The van der Waals surface area contributed by atoms with Crippen molar-refractivity contribution in [1.29, 1.82) is 0 Å². The lowest BCUT2D eigenvalue weighted by molar-refractivity contribution is 0.605. The fraction of sp³-hybridized carbons (Fsp3) is 0.357. The highest BCUT2D eigenvalue weighted by atomic mass is 19.1. The van der Waals surface area contributed by atoms with E-state index < -0.39 is 0 Å². The molecule has 0 bridgehead atoms. The smallest absolute Gasteiger partial charge is 0.148 e. The molecule has 0 amide bonds. The van der Waals surface area contributed by atoms with Crippen LogP contribution in [0.5, 0.6) is 0 Å². The first-order valence-corrected chi connectivity index (χ1v) is 6.23. The lowest BCUT2D eigenvalue weighted by Crippen LogP contribution is -2.09. The van der Waals surface area contributed by atoms with Crippen molar-refractivity contribution < 1.29 is 4.39 Å². The number of halogens is 1. The SMILES string of the molecule is CCCc1c(CNC)cnn1-c1ccccc1F. The van der Waals surface area contributed by atoms with E-state index in [1.807, 2.05) is 19.3 Å². The quantitative estimate of drug-likeness (QED) is 0.880. The molecule has 0 fully saturated rings. The van der Waals surface area contributed by atoms with Gasteiger partial charge in [-0.1, -0.05) is 25.5 Å². The van der Waals surface area contributed by atoms with Crippen molar-refractivity contribution in [2.24, 2.45) is 0 Å². The lowest BCUT2D eigenvalue weighted by atomic mass is 10.1. The maximum absolute atomic E-state index is 13.8. The van der Waals surface area contributed by atoms with Gasteiger partial charge in [0.05, 0.1) is 6.20 Å². The Morgan fingerprint density at radius 1 is 1.33 bits per heavy atom. The highest BCUT2D eigenvalue weighted by Crippen LogP contribution is 2.19. The van der Waals surface area contributed by atoms with E-state index in [-0.39, 0.29) is 5.82 Å². The second-order valence-corrected chi connectivity index (χ2v) is 4.26. The number of nitrogens with one attached hydrogen (secondary N) is 1. The second-order valence-electron chi connectivity index (χ2n) is 4.26. The molecule has 2 rings (SSSR count). The first-order valence-electron chi connectivity index (χ1n) is 6.23. The number of nitrogens with zero attached hydrogens (tertiary/aromatic N) is 2. The minimum absolute atomic E-state index is 0.242. The van der Waals surface area contributed by atoms with Crippen LogP contribution >= 0.6 is 0 Å². The number of para-hydroxylation sites is 1. The van der Waals surface area contributed by atoms with Gasteiger partial charge in [-0.15, -0.1) is 0 Å². The predicted octanol–water partition coefficient (Wildman–Crippen LogP) is 2.68. The third-order valence-corrected chi connectivity index (χ3v) is 2.89. The Morgan fingerprint density at radius 2 is 2.11 bits per heavy atom. The third kappa shape index (κ3) is 2.43. The summed E-state index contributed by atoms with van der Waals surface area (Å²) in [5.74, 6) is -0.242. The van der Waals surface area contributed by atoms with Gasteiger partial charge in [0.25, 0.3) is 0 Å². The van der Waals surface area contributed by atoms with E-state index in [4.69, 9.17) is 0 Å². The van der Waals surface area contributed by atoms with Crippen LogP contribution in [-0.4, -0.2) is 16.8 Å². The van der Waals surface area contributed by atoms with Gasteiger partial charge >= 0.3 is 0 Å². The van der Waals surface area contributed by atoms with Crippen molar-refractivity contribution >= 4 is 0 Å². The molecule has 3 nitrogen and oxygen atoms in total. The molecule has 0 aliphatic heterocycles. The number of hydrogen-bond acceptors (Lipinski definition) is 2. The summed E-state index contributed by atoms with van der Waals surface area (Å²) in [5.41, 5.74) is 2.72. The zero-order valence-electron chi connectivity index (χ0n) is 10.8. The Balaban J connectivity index is 2.47. The molecule has 0 radical (unpaired) electrons. The van der Waals surface area contributed by atoms with Gasteiger partial charge in [0, 0.05) is 17.8 Å². The molecule has 0 saturated carbocycles. The topological polar surface area (TPSA) is 29.9 Å². The van der Waals surface area contributed by atoms with Crippen LogP contribution in [0.4, 0.5) is 4.39 Å². The molecule has 96 valence electrons. The number of hydrogen-bond donors (Lipinski definition) is 1. The lowest BCUT2D eigenvalue weighted by Gasteiger charge is -2.09.